The van der Waals surface area contributed by atoms with Crippen molar-refractivity contribution in [2.75, 3.05) is 44.2 Å². The zero-order valence-electron chi connectivity index (χ0n) is 28.5. The molecule has 2 amide bonds. The highest BCUT2D eigenvalue weighted by molar-refractivity contribution is 6.03. The molecule has 3 aliphatic rings. The van der Waals surface area contributed by atoms with E-state index in [1.165, 1.54) is 17.7 Å². The fourth-order valence-corrected chi connectivity index (χ4v) is 7.74. The maximum atomic E-state index is 14.0. The molecule has 3 aromatic carbocycles. The predicted molar refractivity (Wildman–Crippen MR) is 191 cm³/mol. The van der Waals surface area contributed by atoms with Crippen LogP contribution in [0.5, 0.6) is 0 Å². The van der Waals surface area contributed by atoms with E-state index < -0.39 is 17.2 Å². The van der Waals surface area contributed by atoms with Crippen LogP contribution >= 0.6 is 0 Å². The first-order valence-corrected chi connectivity index (χ1v) is 17.2. The number of rotatable bonds is 6. The minimum Gasteiger partial charge on any atom is -0.338 e. The zero-order chi connectivity index (χ0) is 36.2. The summed E-state index contributed by atoms with van der Waals surface area (Å²) in [5.41, 5.74) is 3.84. The Labute approximate surface area is 297 Å². The lowest BCUT2D eigenvalue weighted by atomic mass is 9.85. The number of likely N-dealkylation sites (tertiary alicyclic amines) is 1. The van der Waals surface area contributed by atoms with Crippen molar-refractivity contribution in [2.45, 2.75) is 25.4 Å². The van der Waals surface area contributed by atoms with Crippen LogP contribution in [-0.4, -0.2) is 85.8 Å². The number of nitrogens with one attached hydrogen (secondary N) is 1. The van der Waals surface area contributed by atoms with Crippen LogP contribution in [0.15, 0.2) is 73.1 Å². The second-order valence-corrected chi connectivity index (χ2v) is 13.8. The molecule has 1 atom stereocenters. The van der Waals surface area contributed by atoms with Gasteiger partial charge < -0.3 is 9.80 Å². The minimum absolute atomic E-state index is 0.0198. The van der Waals surface area contributed by atoms with Crippen molar-refractivity contribution in [1.29, 1.82) is 0 Å². The Kier molecular flexibility index (Phi) is 8.22. The highest BCUT2D eigenvalue weighted by atomic mass is 19.4. The van der Waals surface area contributed by atoms with Crippen molar-refractivity contribution >= 4 is 34.0 Å². The molecular weight excluding hydrogens is 669 g/mol. The van der Waals surface area contributed by atoms with E-state index in [-0.39, 0.29) is 23.9 Å². The monoisotopic (exact) mass is 704 g/mol. The van der Waals surface area contributed by atoms with Gasteiger partial charge in [-0.1, -0.05) is 42.3 Å². The molecule has 5 aromatic rings. The number of aryl methyl sites for hydroxylation is 1. The Balaban J connectivity index is 0.910. The summed E-state index contributed by atoms with van der Waals surface area (Å²) in [5, 5.41) is 12.3. The summed E-state index contributed by atoms with van der Waals surface area (Å²) in [5.74, 6) is 2.90. The van der Waals surface area contributed by atoms with Gasteiger partial charge in [0.1, 0.15) is 12.0 Å². The molecule has 0 unspecified atom stereocenters. The zero-order valence-corrected chi connectivity index (χ0v) is 28.5. The molecule has 5 heterocycles. The van der Waals surface area contributed by atoms with Crippen LogP contribution < -0.4 is 4.90 Å². The molecule has 2 saturated heterocycles. The van der Waals surface area contributed by atoms with Gasteiger partial charge in [-0.05, 0) is 67.3 Å². The third-order valence-electron chi connectivity index (χ3n) is 10.6. The van der Waals surface area contributed by atoms with Gasteiger partial charge in [-0.25, -0.2) is 4.98 Å². The lowest BCUT2D eigenvalue weighted by Gasteiger charge is -2.29. The number of anilines is 1. The summed E-state index contributed by atoms with van der Waals surface area (Å²) in [6.07, 6.45) is 6.75. The van der Waals surface area contributed by atoms with E-state index in [1.54, 1.807) is 15.9 Å². The van der Waals surface area contributed by atoms with Crippen molar-refractivity contribution in [1.82, 2.24) is 34.8 Å². The van der Waals surface area contributed by atoms with E-state index in [1.807, 2.05) is 42.3 Å². The summed E-state index contributed by atoms with van der Waals surface area (Å²) >= 11 is 0. The predicted octanol–water partition coefficient (Wildman–Crippen LogP) is 5.77. The third-order valence-corrected chi connectivity index (χ3v) is 10.6. The lowest BCUT2D eigenvalue weighted by Crippen LogP contribution is -2.43. The van der Waals surface area contributed by atoms with Crippen molar-refractivity contribution in [2.24, 2.45) is 12.5 Å². The molecule has 1 spiro atoms. The maximum absolute atomic E-state index is 14.0. The number of aromatic nitrogens is 5. The highest BCUT2D eigenvalue weighted by Gasteiger charge is 2.51. The summed E-state index contributed by atoms with van der Waals surface area (Å²) in [7, 11) is 1.84. The van der Waals surface area contributed by atoms with Crippen molar-refractivity contribution < 1.29 is 22.8 Å². The van der Waals surface area contributed by atoms with E-state index in [0.29, 0.717) is 79.2 Å². The molecular formula is C39H35F3N8O2. The molecule has 0 aliphatic carbocycles. The fraction of sp³-hybridized carbons (Fsp3) is 0.308. The van der Waals surface area contributed by atoms with E-state index in [9.17, 15) is 22.8 Å². The number of aromatic amines is 1. The molecule has 8 rings (SSSR count). The molecule has 0 saturated carbocycles. The van der Waals surface area contributed by atoms with Gasteiger partial charge in [0, 0.05) is 61.0 Å². The smallest absolute Gasteiger partial charge is 0.338 e. The van der Waals surface area contributed by atoms with Crippen LogP contribution in [0.25, 0.3) is 39.1 Å². The van der Waals surface area contributed by atoms with Crippen LogP contribution in [0.1, 0.15) is 36.0 Å². The number of benzene rings is 3. The number of alkyl halides is 3. The fourth-order valence-electron chi connectivity index (χ4n) is 7.74. The molecule has 1 N–H and O–H groups in total. The number of hydrogen-bond donors (Lipinski definition) is 1. The molecule has 52 heavy (non-hydrogen) atoms. The van der Waals surface area contributed by atoms with Crippen LogP contribution in [0, 0.1) is 17.8 Å². The topological polar surface area (TPSA) is 103 Å². The Morgan fingerprint density at radius 2 is 1.77 bits per heavy atom. The summed E-state index contributed by atoms with van der Waals surface area (Å²) in [4.78, 5) is 37.5. The largest absolute Gasteiger partial charge is 0.417 e. The van der Waals surface area contributed by atoms with Crippen molar-refractivity contribution in [3.63, 3.8) is 0 Å². The molecule has 13 heteroatoms. The first-order chi connectivity index (χ1) is 25.0. The Bertz CT molecular complexity index is 2280. The van der Waals surface area contributed by atoms with Crippen molar-refractivity contribution in [3.05, 3.63) is 89.8 Å². The third kappa shape index (κ3) is 6.02. The van der Waals surface area contributed by atoms with Gasteiger partial charge in [-0.15, -0.1) is 6.42 Å². The lowest BCUT2D eigenvalue weighted by molar-refractivity contribution is -0.137. The highest BCUT2D eigenvalue weighted by Crippen LogP contribution is 2.43. The summed E-state index contributed by atoms with van der Waals surface area (Å²) < 4.78 is 42.0. The number of terminal acetylenes is 1. The normalized spacial score (nSPS) is 19.5. The van der Waals surface area contributed by atoms with Crippen LogP contribution in [0.2, 0.25) is 0 Å². The number of carbonyl (C=O) groups excluding carboxylic acids is 2. The molecule has 2 aromatic heterocycles. The number of hydrogen-bond acceptors (Lipinski definition) is 6. The number of amides is 2. The van der Waals surface area contributed by atoms with Gasteiger partial charge >= 0.3 is 6.18 Å². The molecule has 2 fully saturated rings. The first-order valence-electron chi connectivity index (χ1n) is 17.2. The molecule has 264 valence electrons. The second-order valence-electron chi connectivity index (χ2n) is 13.8. The van der Waals surface area contributed by atoms with Crippen molar-refractivity contribution in [3.8, 4) is 35.0 Å². The minimum atomic E-state index is -4.57. The van der Waals surface area contributed by atoms with E-state index in [4.69, 9.17) is 6.42 Å². The average Bonchev–Trinajstić information content (AvgIpc) is 3.95. The Morgan fingerprint density at radius 3 is 2.48 bits per heavy atom. The van der Waals surface area contributed by atoms with E-state index >= 15 is 0 Å². The quantitative estimate of drug-likeness (QED) is 0.225. The second kappa shape index (κ2) is 12.8. The van der Waals surface area contributed by atoms with E-state index in [2.05, 4.69) is 49.3 Å². The molecule has 0 bridgehead atoms. The van der Waals surface area contributed by atoms with Gasteiger partial charge in [0.15, 0.2) is 5.82 Å². The molecule has 0 radical (unpaired) electrons. The van der Waals surface area contributed by atoms with Gasteiger partial charge in [-0.2, -0.15) is 23.4 Å². The summed E-state index contributed by atoms with van der Waals surface area (Å²) in [6, 6.07) is 17.3. The molecule has 3 aliphatic heterocycles. The van der Waals surface area contributed by atoms with Crippen LogP contribution in [-0.2, 0) is 22.8 Å². The SMILES string of the molecule is C#Cc1cc(-c2n[nH]c3ccc(N4CC[C@]5(CCN(CC(=O)N6CC=C(c7ccc(-c8ncn(C)n8)cc7)CC6)C5)C4=O)cc23)ccc1C(F)(F)F. The standard InChI is InChI=1S/C39H35F3N8O2/c1-3-25-20-29(8-10-32(25)39(40,41)42)35-31-21-30(9-11-33(31)44-45-35)50-19-15-38(37(50)52)14-18-48(23-38)22-34(51)49-16-12-27(13-17-49)26-4-6-28(7-5-26)36-43-24-47(2)46-36/h1,4-12,20-21,24H,13-19,22-23H2,2H3,(H,44,45)/t38-/m0/s1. The van der Waals surface area contributed by atoms with Gasteiger partial charge in [0.25, 0.3) is 0 Å². The average molecular weight is 705 g/mol. The number of nitrogens with zero attached hydrogens (tertiary/aromatic N) is 7. The Morgan fingerprint density at radius 1 is 1.00 bits per heavy atom. The maximum Gasteiger partial charge on any atom is 0.417 e. The molecule has 10 nitrogen and oxygen atoms in total. The van der Waals surface area contributed by atoms with Crippen LogP contribution in [0.3, 0.4) is 0 Å². The van der Waals surface area contributed by atoms with Gasteiger partial charge in [0.2, 0.25) is 11.8 Å². The van der Waals surface area contributed by atoms with Crippen LogP contribution in [0.4, 0.5) is 18.9 Å². The Hall–Kier alpha value is -5.74. The first kappa shape index (κ1) is 33.4. The number of halogens is 3. The van der Waals surface area contributed by atoms with Gasteiger partial charge in [0.05, 0.1) is 23.0 Å². The number of H-pyrrole nitrogens is 1. The van der Waals surface area contributed by atoms with Gasteiger partial charge in [-0.3, -0.25) is 24.3 Å². The number of fused-ring (bicyclic) bond motifs is 1. The number of carbonyl (C=O) groups is 2. The van der Waals surface area contributed by atoms with E-state index in [0.717, 1.165) is 23.6 Å². The summed E-state index contributed by atoms with van der Waals surface area (Å²) in [6.45, 7) is 3.14.